The van der Waals surface area contributed by atoms with Gasteiger partial charge in [0.05, 0.1) is 6.54 Å². The van der Waals surface area contributed by atoms with Crippen LogP contribution in [-0.2, 0) is 19.6 Å². The lowest BCUT2D eigenvalue weighted by Crippen LogP contribution is -2.34. The highest BCUT2D eigenvalue weighted by molar-refractivity contribution is 5.73. The average Bonchev–Trinajstić information content (AvgIpc) is 3.24. The highest BCUT2D eigenvalue weighted by atomic mass is 16.6. The summed E-state index contributed by atoms with van der Waals surface area (Å²) in [5.74, 6) is 1.46. The molecule has 0 saturated heterocycles. The van der Waals surface area contributed by atoms with Crippen LogP contribution in [0.3, 0.4) is 0 Å². The Kier molecular flexibility index (Phi) is 5.37. The van der Waals surface area contributed by atoms with Gasteiger partial charge in [0.15, 0.2) is 11.5 Å². The Bertz CT molecular complexity index is 926. The predicted octanol–water partition coefficient (Wildman–Crippen LogP) is 2.10. The van der Waals surface area contributed by atoms with Crippen LogP contribution >= 0.6 is 0 Å². The van der Waals surface area contributed by atoms with Gasteiger partial charge in [-0.15, -0.1) is 0 Å². The van der Waals surface area contributed by atoms with Gasteiger partial charge in [-0.05, 0) is 28.8 Å². The molecule has 8 heteroatoms. The average molecular weight is 379 g/mol. The molecule has 2 aromatic carbocycles. The van der Waals surface area contributed by atoms with E-state index in [4.69, 9.17) is 9.47 Å². The van der Waals surface area contributed by atoms with Crippen LogP contribution < -0.4 is 20.1 Å². The monoisotopic (exact) mass is 379 g/mol. The minimum absolute atomic E-state index is 0.221. The van der Waals surface area contributed by atoms with Crippen molar-refractivity contribution in [2.24, 2.45) is 0 Å². The minimum Gasteiger partial charge on any atom is -0.486 e. The first-order chi connectivity index (χ1) is 13.8. The van der Waals surface area contributed by atoms with Gasteiger partial charge >= 0.3 is 6.03 Å². The largest absolute Gasteiger partial charge is 0.486 e. The van der Waals surface area contributed by atoms with Gasteiger partial charge < -0.3 is 20.1 Å². The number of nitrogens with zero attached hydrogens (tertiary/aromatic N) is 3. The third kappa shape index (κ3) is 4.59. The Labute approximate surface area is 162 Å². The molecule has 28 heavy (non-hydrogen) atoms. The van der Waals surface area contributed by atoms with Crippen LogP contribution in [0.1, 0.15) is 16.7 Å². The van der Waals surface area contributed by atoms with E-state index in [0.717, 1.165) is 28.2 Å². The van der Waals surface area contributed by atoms with Crippen molar-refractivity contribution in [1.82, 2.24) is 25.4 Å². The number of aromatic nitrogens is 3. The van der Waals surface area contributed by atoms with E-state index >= 15 is 0 Å². The molecule has 0 fully saturated rings. The van der Waals surface area contributed by atoms with Crippen LogP contribution in [0.25, 0.3) is 0 Å². The first-order valence-corrected chi connectivity index (χ1v) is 9.07. The molecular weight excluding hydrogens is 358 g/mol. The van der Waals surface area contributed by atoms with Crippen LogP contribution in [0.5, 0.6) is 11.5 Å². The molecule has 0 atom stereocenters. The number of hydrogen-bond acceptors (Lipinski definition) is 5. The second-order valence-corrected chi connectivity index (χ2v) is 6.42. The summed E-state index contributed by atoms with van der Waals surface area (Å²) in [6, 6.07) is 13.5. The fraction of sp³-hybridized carbons (Fsp3) is 0.250. The third-order valence-electron chi connectivity index (χ3n) is 4.35. The first-order valence-electron chi connectivity index (χ1n) is 9.07. The van der Waals surface area contributed by atoms with Gasteiger partial charge in [0.25, 0.3) is 0 Å². The fourth-order valence-corrected chi connectivity index (χ4v) is 2.89. The minimum atomic E-state index is -0.221. The maximum absolute atomic E-state index is 12.1. The van der Waals surface area contributed by atoms with Crippen molar-refractivity contribution >= 4 is 6.03 Å². The molecule has 0 saturated carbocycles. The number of carbonyl (C=O) groups excluding carboxylic acids is 1. The Hall–Kier alpha value is -3.55. The van der Waals surface area contributed by atoms with E-state index in [1.165, 1.54) is 6.33 Å². The Morgan fingerprint density at radius 3 is 2.36 bits per heavy atom. The van der Waals surface area contributed by atoms with E-state index < -0.39 is 0 Å². The molecule has 8 nitrogen and oxygen atoms in total. The quantitative estimate of drug-likeness (QED) is 0.685. The van der Waals surface area contributed by atoms with Gasteiger partial charge in [0.1, 0.15) is 25.9 Å². The number of benzene rings is 2. The van der Waals surface area contributed by atoms with Crippen molar-refractivity contribution in [2.45, 2.75) is 19.6 Å². The van der Waals surface area contributed by atoms with Crippen LogP contribution in [-0.4, -0.2) is 34.0 Å². The number of rotatable bonds is 6. The predicted molar refractivity (Wildman–Crippen MR) is 102 cm³/mol. The summed E-state index contributed by atoms with van der Waals surface area (Å²) in [4.78, 5) is 16.0. The van der Waals surface area contributed by atoms with Crippen molar-refractivity contribution in [3.05, 3.63) is 71.8 Å². The van der Waals surface area contributed by atoms with E-state index in [1.807, 2.05) is 42.5 Å². The zero-order chi connectivity index (χ0) is 19.2. The summed E-state index contributed by atoms with van der Waals surface area (Å²) < 4.78 is 12.8. The normalized spacial score (nSPS) is 12.4. The molecule has 0 unspecified atom stereocenters. The van der Waals surface area contributed by atoms with Gasteiger partial charge in [-0.25, -0.2) is 14.5 Å². The molecule has 3 aromatic rings. The fourth-order valence-electron chi connectivity index (χ4n) is 2.89. The molecule has 2 N–H and O–H groups in total. The Balaban J connectivity index is 1.23. The lowest BCUT2D eigenvalue weighted by atomic mass is 10.1. The van der Waals surface area contributed by atoms with Crippen molar-refractivity contribution in [3.63, 3.8) is 0 Å². The number of carbonyl (C=O) groups is 1. The summed E-state index contributed by atoms with van der Waals surface area (Å²) in [5, 5.41) is 9.80. The number of nitrogens with one attached hydrogen (secondary N) is 2. The molecule has 1 aliphatic heterocycles. The van der Waals surface area contributed by atoms with Crippen molar-refractivity contribution in [1.29, 1.82) is 0 Å². The Morgan fingerprint density at radius 1 is 0.929 bits per heavy atom. The zero-order valence-corrected chi connectivity index (χ0v) is 15.3. The highest BCUT2D eigenvalue weighted by Crippen LogP contribution is 2.30. The summed E-state index contributed by atoms with van der Waals surface area (Å²) >= 11 is 0. The molecule has 0 bridgehead atoms. The molecular formula is C20H21N5O3. The van der Waals surface area contributed by atoms with Gasteiger partial charge in [-0.2, -0.15) is 5.10 Å². The second-order valence-electron chi connectivity index (χ2n) is 6.42. The smallest absolute Gasteiger partial charge is 0.315 e. The van der Waals surface area contributed by atoms with E-state index in [0.29, 0.717) is 32.8 Å². The molecule has 0 spiro atoms. The number of ether oxygens (including phenoxy) is 2. The number of urea groups is 1. The van der Waals surface area contributed by atoms with Gasteiger partial charge in [0.2, 0.25) is 0 Å². The maximum atomic E-state index is 12.1. The SMILES string of the molecule is O=C(NCc1ccc(Cn2cncn2)cc1)NCc1ccc2c(c1)OCCO2. The van der Waals surface area contributed by atoms with E-state index in [9.17, 15) is 4.79 Å². The molecule has 1 aromatic heterocycles. The molecule has 4 rings (SSSR count). The third-order valence-corrected chi connectivity index (χ3v) is 4.35. The number of fused-ring (bicyclic) bond motifs is 1. The summed E-state index contributed by atoms with van der Waals surface area (Å²) in [5.41, 5.74) is 3.10. The zero-order valence-electron chi connectivity index (χ0n) is 15.3. The molecule has 2 amide bonds. The van der Waals surface area contributed by atoms with Crippen molar-refractivity contribution in [2.75, 3.05) is 13.2 Å². The van der Waals surface area contributed by atoms with Gasteiger partial charge in [-0.1, -0.05) is 30.3 Å². The standard InChI is InChI=1S/C20H21N5O3/c26-20(23-11-17-5-6-18-19(9-17)28-8-7-27-18)22-10-15-1-3-16(4-2-15)12-25-14-21-13-24-25/h1-6,9,13-14H,7-8,10-12H2,(H2,22,23,26). The van der Waals surface area contributed by atoms with Gasteiger partial charge in [-0.3, -0.25) is 0 Å². The summed E-state index contributed by atoms with van der Waals surface area (Å²) in [6.07, 6.45) is 3.20. The molecule has 0 aliphatic carbocycles. The van der Waals surface area contributed by atoms with Crippen LogP contribution in [0, 0.1) is 0 Å². The van der Waals surface area contributed by atoms with E-state index in [-0.39, 0.29) is 6.03 Å². The van der Waals surface area contributed by atoms with E-state index in [2.05, 4.69) is 20.7 Å². The number of amides is 2. The van der Waals surface area contributed by atoms with Crippen molar-refractivity contribution < 1.29 is 14.3 Å². The Morgan fingerprint density at radius 2 is 1.61 bits per heavy atom. The molecule has 144 valence electrons. The topological polar surface area (TPSA) is 90.3 Å². The lowest BCUT2D eigenvalue weighted by Gasteiger charge is -2.19. The first kappa shape index (κ1) is 17.8. The number of hydrogen-bond donors (Lipinski definition) is 2. The molecule has 1 aliphatic rings. The lowest BCUT2D eigenvalue weighted by molar-refractivity contribution is 0.171. The second kappa shape index (κ2) is 8.43. The van der Waals surface area contributed by atoms with E-state index in [1.54, 1.807) is 11.0 Å². The molecule has 0 radical (unpaired) electrons. The van der Waals surface area contributed by atoms with Crippen LogP contribution in [0.2, 0.25) is 0 Å². The van der Waals surface area contributed by atoms with Crippen LogP contribution in [0.4, 0.5) is 4.79 Å². The van der Waals surface area contributed by atoms with Gasteiger partial charge in [0, 0.05) is 13.1 Å². The summed E-state index contributed by atoms with van der Waals surface area (Å²) in [7, 11) is 0. The van der Waals surface area contributed by atoms with Crippen molar-refractivity contribution in [3.8, 4) is 11.5 Å². The summed E-state index contributed by atoms with van der Waals surface area (Å²) in [6.45, 7) is 2.65. The molecule has 2 heterocycles. The maximum Gasteiger partial charge on any atom is 0.315 e. The van der Waals surface area contributed by atoms with Crippen LogP contribution in [0.15, 0.2) is 55.1 Å². The highest BCUT2D eigenvalue weighted by Gasteiger charge is 2.12.